The molecular weight excluding hydrogens is 190 g/mol. The van der Waals surface area contributed by atoms with E-state index in [4.69, 9.17) is 9.47 Å². The fourth-order valence-electron chi connectivity index (χ4n) is 1.31. The van der Waals surface area contributed by atoms with Gasteiger partial charge in [0.15, 0.2) is 0 Å². The highest BCUT2D eigenvalue weighted by Crippen LogP contribution is 2.05. The first-order chi connectivity index (χ1) is 6.89. The fourth-order valence-corrected chi connectivity index (χ4v) is 1.31. The zero-order chi connectivity index (χ0) is 11.9. The monoisotopic (exact) mass is 217 g/mol. The van der Waals surface area contributed by atoms with E-state index in [1.54, 1.807) is 7.11 Å². The summed E-state index contributed by atoms with van der Waals surface area (Å²) in [6.07, 6.45) is 1.47. The van der Waals surface area contributed by atoms with Gasteiger partial charge >= 0.3 is 0 Å². The average molecular weight is 217 g/mol. The summed E-state index contributed by atoms with van der Waals surface area (Å²) >= 11 is 0. The van der Waals surface area contributed by atoms with Crippen LogP contribution < -0.4 is 5.32 Å². The summed E-state index contributed by atoms with van der Waals surface area (Å²) in [5.41, 5.74) is 0.154. The van der Waals surface area contributed by atoms with Gasteiger partial charge in [-0.1, -0.05) is 6.92 Å². The number of rotatable bonds is 7. The molecule has 3 heteroatoms. The first-order valence-electron chi connectivity index (χ1n) is 5.78. The summed E-state index contributed by atoms with van der Waals surface area (Å²) in [5.74, 6) is 0. The van der Waals surface area contributed by atoms with E-state index in [0.29, 0.717) is 6.61 Å². The molecule has 0 heterocycles. The minimum Gasteiger partial charge on any atom is -0.382 e. The van der Waals surface area contributed by atoms with Gasteiger partial charge in [0.25, 0.3) is 0 Å². The highest BCUT2D eigenvalue weighted by Gasteiger charge is 2.15. The summed E-state index contributed by atoms with van der Waals surface area (Å²) in [6, 6.07) is 0. The van der Waals surface area contributed by atoms with Crippen molar-refractivity contribution in [1.29, 1.82) is 0 Å². The molecule has 2 atom stereocenters. The summed E-state index contributed by atoms with van der Waals surface area (Å²) < 4.78 is 10.9. The van der Waals surface area contributed by atoms with Gasteiger partial charge in [-0.25, -0.2) is 0 Å². The molecule has 0 saturated heterocycles. The molecule has 0 fully saturated rings. The Morgan fingerprint density at radius 1 is 1.27 bits per heavy atom. The van der Waals surface area contributed by atoms with E-state index < -0.39 is 0 Å². The maximum absolute atomic E-state index is 5.85. The molecule has 0 aliphatic carbocycles. The predicted molar refractivity (Wildman–Crippen MR) is 64.3 cm³/mol. The van der Waals surface area contributed by atoms with Crippen molar-refractivity contribution in [2.24, 2.45) is 0 Å². The van der Waals surface area contributed by atoms with Crippen LogP contribution in [0.3, 0.4) is 0 Å². The fraction of sp³-hybridized carbons (Fsp3) is 1.00. The Morgan fingerprint density at radius 2 is 1.87 bits per heavy atom. The van der Waals surface area contributed by atoms with Gasteiger partial charge in [-0.3, -0.25) is 0 Å². The van der Waals surface area contributed by atoms with Crippen molar-refractivity contribution in [1.82, 2.24) is 5.32 Å². The van der Waals surface area contributed by atoms with Crippen molar-refractivity contribution in [3.8, 4) is 0 Å². The number of hydrogen-bond donors (Lipinski definition) is 1. The molecule has 0 rings (SSSR count). The topological polar surface area (TPSA) is 30.5 Å². The number of nitrogens with one attached hydrogen (secondary N) is 1. The van der Waals surface area contributed by atoms with E-state index in [1.165, 1.54) is 0 Å². The molecule has 3 nitrogen and oxygen atoms in total. The number of ether oxygens (including phenoxy) is 2. The Hall–Kier alpha value is -0.120. The molecule has 15 heavy (non-hydrogen) atoms. The first-order valence-corrected chi connectivity index (χ1v) is 5.78. The van der Waals surface area contributed by atoms with Crippen LogP contribution in [0.4, 0.5) is 0 Å². The van der Waals surface area contributed by atoms with Crippen LogP contribution in [-0.4, -0.2) is 38.0 Å². The van der Waals surface area contributed by atoms with E-state index >= 15 is 0 Å². The zero-order valence-electron chi connectivity index (χ0n) is 11.1. The summed E-state index contributed by atoms with van der Waals surface area (Å²) in [7, 11) is 1.70. The molecule has 0 aromatic heterocycles. The minimum atomic E-state index is 0.154. The predicted octanol–water partition coefficient (Wildman–Crippen LogP) is 2.20. The molecule has 0 aliphatic rings. The number of hydrogen-bond acceptors (Lipinski definition) is 3. The molecule has 92 valence electrons. The molecule has 0 aliphatic heterocycles. The molecule has 0 saturated carbocycles. The van der Waals surface area contributed by atoms with Crippen LogP contribution in [0.15, 0.2) is 0 Å². The smallest absolute Gasteiger partial charge is 0.0784 e. The van der Waals surface area contributed by atoms with Crippen molar-refractivity contribution in [3.05, 3.63) is 0 Å². The van der Waals surface area contributed by atoms with E-state index in [0.717, 1.165) is 13.0 Å². The molecule has 0 aromatic rings. The van der Waals surface area contributed by atoms with Gasteiger partial charge in [0.05, 0.1) is 18.8 Å². The third kappa shape index (κ3) is 8.85. The Labute approximate surface area is 94.5 Å². The van der Waals surface area contributed by atoms with E-state index in [1.807, 2.05) is 6.92 Å². The van der Waals surface area contributed by atoms with Crippen LogP contribution in [-0.2, 0) is 9.47 Å². The molecule has 1 N–H and O–H groups in total. The molecule has 0 bridgehead atoms. The van der Waals surface area contributed by atoms with E-state index in [-0.39, 0.29) is 17.7 Å². The van der Waals surface area contributed by atoms with Gasteiger partial charge < -0.3 is 14.8 Å². The molecule has 0 radical (unpaired) electrons. The van der Waals surface area contributed by atoms with Crippen LogP contribution in [0.5, 0.6) is 0 Å². The standard InChI is InChI=1S/C12H27NO2/c1-7-11(8-13-12(3,4)5)15-10(2)9-14-6/h10-11,13H,7-9H2,1-6H3. The lowest BCUT2D eigenvalue weighted by Crippen LogP contribution is -2.42. The van der Waals surface area contributed by atoms with Gasteiger partial charge in [-0.05, 0) is 34.1 Å². The molecule has 0 spiro atoms. The highest BCUT2D eigenvalue weighted by molar-refractivity contribution is 4.73. The number of methoxy groups -OCH3 is 1. The molecule has 0 aromatic carbocycles. The molecule has 2 unspecified atom stereocenters. The molecular formula is C12H27NO2. The second kappa shape index (κ2) is 7.20. The van der Waals surface area contributed by atoms with Gasteiger partial charge in [0, 0.05) is 19.2 Å². The van der Waals surface area contributed by atoms with Crippen molar-refractivity contribution in [2.45, 2.75) is 58.8 Å². The van der Waals surface area contributed by atoms with Crippen LogP contribution in [0.1, 0.15) is 41.0 Å². The van der Waals surface area contributed by atoms with Gasteiger partial charge in [0.1, 0.15) is 0 Å². The third-order valence-electron chi connectivity index (χ3n) is 2.14. The second-order valence-corrected chi connectivity index (χ2v) is 5.06. The lowest BCUT2D eigenvalue weighted by Gasteiger charge is -2.26. The summed E-state index contributed by atoms with van der Waals surface area (Å²) in [4.78, 5) is 0. The zero-order valence-corrected chi connectivity index (χ0v) is 11.1. The maximum Gasteiger partial charge on any atom is 0.0784 e. The van der Waals surface area contributed by atoms with Crippen LogP contribution in [0.25, 0.3) is 0 Å². The van der Waals surface area contributed by atoms with E-state index in [9.17, 15) is 0 Å². The average Bonchev–Trinajstić information content (AvgIpc) is 2.11. The van der Waals surface area contributed by atoms with Gasteiger partial charge in [-0.15, -0.1) is 0 Å². The lowest BCUT2D eigenvalue weighted by molar-refractivity contribution is -0.0406. The minimum absolute atomic E-state index is 0.154. The Kier molecular flexibility index (Phi) is 7.14. The van der Waals surface area contributed by atoms with Crippen molar-refractivity contribution >= 4 is 0 Å². The SMILES string of the molecule is CCC(CNC(C)(C)C)OC(C)COC. The second-order valence-electron chi connectivity index (χ2n) is 5.06. The Balaban J connectivity index is 3.82. The Bertz CT molecular complexity index is 154. The quantitative estimate of drug-likeness (QED) is 0.709. The van der Waals surface area contributed by atoms with E-state index in [2.05, 4.69) is 33.0 Å². The third-order valence-corrected chi connectivity index (χ3v) is 2.14. The largest absolute Gasteiger partial charge is 0.382 e. The highest BCUT2D eigenvalue weighted by atomic mass is 16.5. The normalized spacial score (nSPS) is 16.4. The van der Waals surface area contributed by atoms with Crippen molar-refractivity contribution < 1.29 is 9.47 Å². The summed E-state index contributed by atoms with van der Waals surface area (Å²) in [6.45, 7) is 12.2. The Morgan fingerprint density at radius 3 is 2.27 bits per heavy atom. The summed E-state index contributed by atoms with van der Waals surface area (Å²) in [5, 5.41) is 3.45. The van der Waals surface area contributed by atoms with Crippen LogP contribution in [0.2, 0.25) is 0 Å². The molecule has 0 amide bonds. The van der Waals surface area contributed by atoms with Gasteiger partial charge in [0.2, 0.25) is 0 Å². The lowest BCUT2D eigenvalue weighted by atomic mass is 10.1. The van der Waals surface area contributed by atoms with Crippen molar-refractivity contribution in [2.75, 3.05) is 20.3 Å². The van der Waals surface area contributed by atoms with Crippen LogP contribution >= 0.6 is 0 Å². The van der Waals surface area contributed by atoms with Gasteiger partial charge in [-0.2, -0.15) is 0 Å². The van der Waals surface area contributed by atoms with Crippen LogP contribution in [0, 0.1) is 0 Å². The first kappa shape index (κ1) is 14.9. The van der Waals surface area contributed by atoms with Crippen molar-refractivity contribution in [3.63, 3.8) is 0 Å². The maximum atomic E-state index is 5.85.